The Morgan fingerprint density at radius 3 is 2.00 bits per heavy atom. The second kappa shape index (κ2) is 6.27. The van der Waals surface area contributed by atoms with Crippen LogP contribution < -0.4 is 0 Å². The van der Waals surface area contributed by atoms with E-state index < -0.39 is 11.8 Å². The molecule has 0 aromatic carbocycles. The van der Waals surface area contributed by atoms with E-state index in [0.717, 1.165) is 19.3 Å². The first-order chi connectivity index (χ1) is 7.64. The van der Waals surface area contributed by atoms with Crippen LogP contribution in [0.5, 0.6) is 0 Å². The second-order valence-electron chi connectivity index (χ2n) is 6.02. The summed E-state index contributed by atoms with van der Waals surface area (Å²) in [6.07, 6.45) is 2.01. The Morgan fingerprint density at radius 2 is 1.65 bits per heavy atom. The molecule has 0 aromatic rings. The van der Waals surface area contributed by atoms with E-state index in [1.54, 1.807) is 0 Å². The fraction of sp³-hybridized carbons (Fsp3) is 0.929. The molecule has 0 fully saturated rings. The van der Waals surface area contributed by atoms with Crippen LogP contribution >= 0.6 is 0 Å². The van der Waals surface area contributed by atoms with Crippen molar-refractivity contribution in [3.05, 3.63) is 0 Å². The first-order valence-corrected chi connectivity index (χ1v) is 6.54. The molecule has 0 rings (SSSR count). The molecule has 0 aliphatic rings. The van der Waals surface area contributed by atoms with Gasteiger partial charge in [0, 0.05) is 0 Å². The molecule has 3 heteroatoms. The third kappa shape index (κ3) is 6.54. The summed E-state index contributed by atoms with van der Waals surface area (Å²) in [6, 6.07) is 0. The molecule has 0 spiro atoms. The summed E-state index contributed by atoms with van der Waals surface area (Å²) in [5, 5.41) is 0. The number of ether oxygens (including phenoxy) is 2. The Bertz CT molecular complexity index is 246. The Morgan fingerprint density at radius 1 is 1.12 bits per heavy atom. The maximum atomic E-state index is 11.6. The van der Waals surface area contributed by atoms with Crippen LogP contribution in [0.15, 0.2) is 0 Å². The number of carbonyl (C=O) groups excluding carboxylic acids is 1. The minimum absolute atomic E-state index is 0.136. The van der Waals surface area contributed by atoms with E-state index >= 15 is 0 Å². The number of hydrogen-bond acceptors (Lipinski definition) is 3. The highest BCUT2D eigenvalue weighted by Crippen LogP contribution is 2.35. The summed E-state index contributed by atoms with van der Waals surface area (Å²) in [6.45, 7) is 14.2. The third-order valence-electron chi connectivity index (χ3n) is 3.22. The highest BCUT2D eigenvalue weighted by molar-refractivity contribution is 5.60. The van der Waals surface area contributed by atoms with E-state index in [-0.39, 0.29) is 11.5 Å². The molecule has 0 aliphatic heterocycles. The number of rotatable bonds is 6. The average Bonchev–Trinajstić information content (AvgIpc) is 2.15. The minimum atomic E-state index is -0.559. The standard InChI is InChI=1S/C14H28O3/c1-8-13(5,6)10-14(7,9-2)17-12(15)16-11(3)4/h11H,8-10H2,1-7H3. The highest BCUT2D eigenvalue weighted by atomic mass is 16.7. The lowest BCUT2D eigenvalue weighted by Gasteiger charge is -2.35. The van der Waals surface area contributed by atoms with Crippen LogP contribution in [0.1, 0.15) is 67.7 Å². The molecule has 0 amide bonds. The van der Waals surface area contributed by atoms with Crippen molar-refractivity contribution in [2.45, 2.75) is 79.4 Å². The zero-order chi connectivity index (χ0) is 13.7. The van der Waals surface area contributed by atoms with Crippen molar-refractivity contribution in [3.63, 3.8) is 0 Å². The van der Waals surface area contributed by atoms with E-state index in [4.69, 9.17) is 9.47 Å². The largest absolute Gasteiger partial charge is 0.509 e. The Balaban J connectivity index is 4.52. The second-order valence-corrected chi connectivity index (χ2v) is 6.02. The number of hydrogen-bond donors (Lipinski definition) is 0. The Hall–Kier alpha value is -0.730. The van der Waals surface area contributed by atoms with Crippen molar-refractivity contribution in [2.75, 3.05) is 0 Å². The topological polar surface area (TPSA) is 35.5 Å². The Labute approximate surface area is 106 Å². The zero-order valence-electron chi connectivity index (χ0n) is 12.4. The fourth-order valence-electron chi connectivity index (χ4n) is 1.79. The predicted octanol–water partition coefficient (Wildman–Crippen LogP) is 4.54. The first kappa shape index (κ1) is 16.3. The van der Waals surface area contributed by atoms with Crippen LogP contribution in [0, 0.1) is 5.41 Å². The minimum Gasteiger partial charge on any atom is -0.432 e. The van der Waals surface area contributed by atoms with Crippen molar-refractivity contribution < 1.29 is 14.3 Å². The molecule has 0 saturated heterocycles. The normalized spacial score (nSPS) is 15.5. The molecule has 1 unspecified atom stereocenters. The van der Waals surface area contributed by atoms with Crippen LogP contribution in [0.25, 0.3) is 0 Å². The molecule has 0 bridgehead atoms. The molecule has 0 saturated carbocycles. The Kier molecular flexibility index (Phi) is 6.00. The van der Waals surface area contributed by atoms with Gasteiger partial charge in [0.05, 0.1) is 6.10 Å². The SMILES string of the molecule is CCC(C)(C)CC(C)(CC)OC(=O)OC(C)C. The van der Waals surface area contributed by atoms with Gasteiger partial charge < -0.3 is 9.47 Å². The van der Waals surface area contributed by atoms with Gasteiger partial charge in [0.25, 0.3) is 0 Å². The van der Waals surface area contributed by atoms with E-state index in [9.17, 15) is 4.79 Å². The van der Waals surface area contributed by atoms with Crippen molar-refractivity contribution in [2.24, 2.45) is 5.41 Å². The summed E-state index contributed by atoms with van der Waals surface area (Å²) >= 11 is 0. The van der Waals surface area contributed by atoms with Crippen molar-refractivity contribution >= 4 is 6.16 Å². The molecule has 0 aromatic heterocycles. The van der Waals surface area contributed by atoms with Crippen LogP contribution in [0.3, 0.4) is 0 Å². The molecular formula is C14H28O3. The summed E-state index contributed by atoms with van der Waals surface area (Å²) in [4.78, 5) is 11.6. The summed E-state index contributed by atoms with van der Waals surface area (Å²) in [7, 11) is 0. The van der Waals surface area contributed by atoms with Crippen LogP contribution in [0.2, 0.25) is 0 Å². The van der Waals surface area contributed by atoms with E-state index in [0.29, 0.717) is 0 Å². The van der Waals surface area contributed by atoms with Gasteiger partial charge in [-0.15, -0.1) is 0 Å². The lowest BCUT2D eigenvalue weighted by Crippen LogP contribution is -2.36. The molecule has 0 heterocycles. The lowest BCUT2D eigenvalue weighted by atomic mass is 9.78. The molecule has 1 atom stereocenters. The summed E-state index contributed by atoms with van der Waals surface area (Å²) in [5.41, 5.74) is -0.269. The summed E-state index contributed by atoms with van der Waals surface area (Å²) in [5.74, 6) is 0. The summed E-state index contributed by atoms with van der Waals surface area (Å²) < 4.78 is 10.5. The van der Waals surface area contributed by atoms with Gasteiger partial charge in [-0.2, -0.15) is 0 Å². The zero-order valence-corrected chi connectivity index (χ0v) is 12.4. The van der Waals surface area contributed by atoms with Crippen LogP contribution in [-0.4, -0.2) is 17.9 Å². The maximum Gasteiger partial charge on any atom is 0.509 e. The molecule has 17 heavy (non-hydrogen) atoms. The fourth-order valence-corrected chi connectivity index (χ4v) is 1.79. The molecule has 0 N–H and O–H groups in total. The molecule has 0 radical (unpaired) electrons. The van der Waals surface area contributed by atoms with Gasteiger partial charge in [-0.1, -0.05) is 34.1 Å². The van der Waals surface area contributed by atoms with Gasteiger partial charge in [-0.25, -0.2) is 4.79 Å². The van der Waals surface area contributed by atoms with Gasteiger partial charge in [-0.05, 0) is 39.0 Å². The van der Waals surface area contributed by atoms with Gasteiger partial charge in [0.1, 0.15) is 5.60 Å². The quantitative estimate of drug-likeness (QED) is 0.643. The molecule has 0 aliphatic carbocycles. The van der Waals surface area contributed by atoms with Crippen LogP contribution in [-0.2, 0) is 9.47 Å². The third-order valence-corrected chi connectivity index (χ3v) is 3.22. The van der Waals surface area contributed by atoms with Crippen molar-refractivity contribution in [3.8, 4) is 0 Å². The van der Waals surface area contributed by atoms with Gasteiger partial charge >= 0.3 is 6.16 Å². The predicted molar refractivity (Wildman–Crippen MR) is 70.1 cm³/mol. The highest BCUT2D eigenvalue weighted by Gasteiger charge is 2.34. The van der Waals surface area contributed by atoms with Gasteiger partial charge in [-0.3, -0.25) is 0 Å². The maximum absolute atomic E-state index is 11.6. The van der Waals surface area contributed by atoms with Gasteiger partial charge in [0.2, 0.25) is 0 Å². The van der Waals surface area contributed by atoms with Crippen molar-refractivity contribution in [1.82, 2.24) is 0 Å². The van der Waals surface area contributed by atoms with Gasteiger partial charge in [0.15, 0.2) is 0 Å². The van der Waals surface area contributed by atoms with E-state index in [1.807, 2.05) is 27.7 Å². The smallest absolute Gasteiger partial charge is 0.432 e. The van der Waals surface area contributed by atoms with E-state index in [2.05, 4.69) is 20.8 Å². The number of carbonyl (C=O) groups is 1. The van der Waals surface area contributed by atoms with Crippen LogP contribution in [0.4, 0.5) is 4.79 Å². The molecule has 3 nitrogen and oxygen atoms in total. The lowest BCUT2D eigenvalue weighted by molar-refractivity contribution is -0.0572. The first-order valence-electron chi connectivity index (χ1n) is 6.54. The average molecular weight is 244 g/mol. The van der Waals surface area contributed by atoms with Crippen molar-refractivity contribution in [1.29, 1.82) is 0 Å². The van der Waals surface area contributed by atoms with E-state index in [1.165, 1.54) is 0 Å². The molecule has 102 valence electrons. The monoisotopic (exact) mass is 244 g/mol. The molecular weight excluding hydrogens is 216 g/mol.